The van der Waals surface area contributed by atoms with E-state index >= 15 is 0 Å². The largest absolute Gasteiger partial charge is 0.344 e. The fourth-order valence-corrected chi connectivity index (χ4v) is 3.37. The Morgan fingerprint density at radius 2 is 2.24 bits per heavy atom. The number of aromatic nitrogens is 2. The second-order valence-electron chi connectivity index (χ2n) is 5.28. The molecule has 0 spiro atoms. The molecule has 1 aromatic carbocycles. The maximum absolute atomic E-state index is 13.9. The predicted molar refractivity (Wildman–Crippen MR) is 88.0 cm³/mol. The van der Waals surface area contributed by atoms with Gasteiger partial charge in [0.25, 0.3) is 0 Å². The predicted octanol–water partition coefficient (Wildman–Crippen LogP) is 3.48. The van der Waals surface area contributed by atoms with Crippen LogP contribution in [0.25, 0.3) is 11.0 Å². The van der Waals surface area contributed by atoms with Crippen molar-refractivity contribution < 1.29 is 9.18 Å². The van der Waals surface area contributed by atoms with E-state index in [1.165, 1.54) is 6.07 Å². The van der Waals surface area contributed by atoms with Crippen molar-refractivity contribution in [3.8, 4) is 0 Å². The van der Waals surface area contributed by atoms with Crippen molar-refractivity contribution in [2.24, 2.45) is 0 Å². The van der Waals surface area contributed by atoms with Crippen LogP contribution in [-0.4, -0.2) is 34.0 Å². The molecule has 1 saturated heterocycles. The van der Waals surface area contributed by atoms with E-state index in [1.54, 1.807) is 22.6 Å². The minimum absolute atomic E-state index is 0.0202. The molecule has 2 atom stereocenters. The number of alkyl halides is 1. The molecule has 4 nitrogen and oxygen atoms in total. The maximum Gasteiger partial charge on any atom is 0.245 e. The van der Waals surface area contributed by atoms with Crippen LogP contribution in [0.3, 0.4) is 0 Å². The molecule has 1 fully saturated rings. The lowest BCUT2D eigenvalue weighted by Gasteiger charge is -2.17. The van der Waals surface area contributed by atoms with Gasteiger partial charge in [0.05, 0.1) is 20.0 Å². The lowest BCUT2D eigenvalue weighted by molar-refractivity contribution is -0.129. The lowest BCUT2D eigenvalue weighted by Crippen LogP contribution is -2.25. The number of fused-ring (bicyclic) bond motifs is 1. The molecule has 7 heteroatoms. The summed E-state index contributed by atoms with van der Waals surface area (Å²) in [7, 11) is 1.77. The fourth-order valence-electron chi connectivity index (χ4n) is 2.76. The SMILES string of the molecule is CC(Cl)c1nc2cc(I)c(F)cc2n1C1CCN(C)C1=O. The molecule has 112 valence electrons. The molecular weight excluding hydrogens is 408 g/mol. The molecule has 2 unspecified atom stereocenters. The molecule has 1 aromatic heterocycles. The highest BCUT2D eigenvalue weighted by molar-refractivity contribution is 14.1. The van der Waals surface area contributed by atoms with Gasteiger partial charge >= 0.3 is 0 Å². The van der Waals surface area contributed by atoms with Gasteiger partial charge in [0.1, 0.15) is 17.7 Å². The van der Waals surface area contributed by atoms with Gasteiger partial charge in [0, 0.05) is 19.7 Å². The van der Waals surface area contributed by atoms with Gasteiger partial charge in [0.15, 0.2) is 0 Å². The monoisotopic (exact) mass is 421 g/mol. The van der Waals surface area contributed by atoms with E-state index in [1.807, 2.05) is 29.5 Å². The number of halogens is 3. The minimum Gasteiger partial charge on any atom is -0.344 e. The zero-order valence-corrected chi connectivity index (χ0v) is 14.5. The van der Waals surface area contributed by atoms with E-state index < -0.39 is 0 Å². The van der Waals surface area contributed by atoms with E-state index in [0.717, 1.165) is 0 Å². The molecule has 3 rings (SSSR count). The van der Waals surface area contributed by atoms with Crippen molar-refractivity contribution >= 4 is 51.1 Å². The smallest absolute Gasteiger partial charge is 0.245 e. The second-order valence-corrected chi connectivity index (χ2v) is 7.09. The molecule has 1 aliphatic heterocycles. The number of imidazole rings is 1. The molecular formula is C14H14ClFIN3O. The van der Waals surface area contributed by atoms with E-state index in [9.17, 15) is 9.18 Å². The number of hydrogen-bond acceptors (Lipinski definition) is 2. The Labute approximate surface area is 140 Å². The zero-order valence-electron chi connectivity index (χ0n) is 11.6. The highest BCUT2D eigenvalue weighted by atomic mass is 127. The van der Waals surface area contributed by atoms with Crippen LogP contribution >= 0.6 is 34.2 Å². The van der Waals surface area contributed by atoms with Crippen LogP contribution in [0.2, 0.25) is 0 Å². The molecule has 2 heterocycles. The number of carbonyl (C=O) groups is 1. The first kappa shape index (κ1) is 15.0. The number of amides is 1. The molecule has 0 saturated carbocycles. The van der Waals surface area contributed by atoms with Crippen molar-refractivity contribution in [3.05, 3.63) is 27.3 Å². The summed E-state index contributed by atoms with van der Waals surface area (Å²) in [5.74, 6) is 0.324. The number of hydrogen-bond donors (Lipinski definition) is 0. The lowest BCUT2D eigenvalue weighted by atomic mass is 10.2. The van der Waals surface area contributed by atoms with E-state index in [2.05, 4.69) is 4.98 Å². The average molecular weight is 422 g/mol. The van der Waals surface area contributed by atoms with Crippen molar-refractivity contribution in [1.29, 1.82) is 0 Å². The fraction of sp³-hybridized carbons (Fsp3) is 0.429. The van der Waals surface area contributed by atoms with Gasteiger partial charge in [-0.1, -0.05) is 0 Å². The van der Waals surface area contributed by atoms with Crippen molar-refractivity contribution in [2.45, 2.75) is 24.8 Å². The van der Waals surface area contributed by atoms with Gasteiger partial charge < -0.3 is 9.47 Å². The first-order chi connectivity index (χ1) is 9.90. The van der Waals surface area contributed by atoms with Crippen LogP contribution in [-0.2, 0) is 4.79 Å². The summed E-state index contributed by atoms with van der Waals surface area (Å²) in [6, 6.07) is 2.78. The molecule has 0 aliphatic carbocycles. The van der Waals surface area contributed by atoms with E-state index in [0.29, 0.717) is 33.4 Å². The first-order valence-corrected chi connectivity index (χ1v) is 8.17. The van der Waals surface area contributed by atoms with E-state index in [4.69, 9.17) is 11.6 Å². The Morgan fingerprint density at radius 1 is 1.52 bits per heavy atom. The third kappa shape index (κ3) is 2.42. The Hall–Kier alpha value is -0.890. The van der Waals surface area contributed by atoms with Crippen molar-refractivity contribution in [2.75, 3.05) is 13.6 Å². The summed E-state index contributed by atoms with van der Waals surface area (Å²) in [6.07, 6.45) is 0.686. The molecule has 2 aromatic rings. The third-order valence-electron chi connectivity index (χ3n) is 3.83. The summed E-state index contributed by atoms with van der Waals surface area (Å²) in [5.41, 5.74) is 1.30. The van der Waals surface area contributed by atoms with Gasteiger partial charge in [0.2, 0.25) is 5.91 Å². The Bertz CT molecular complexity index is 731. The van der Waals surface area contributed by atoms with Gasteiger partial charge in [-0.05, 0) is 42.0 Å². The molecule has 1 aliphatic rings. The number of nitrogens with zero attached hydrogens (tertiary/aromatic N) is 3. The highest BCUT2D eigenvalue weighted by Crippen LogP contribution is 2.33. The first-order valence-electron chi connectivity index (χ1n) is 6.66. The summed E-state index contributed by atoms with van der Waals surface area (Å²) < 4.78 is 16.2. The Morgan fingerprint density at radius 3 is 2.81 bits per heavy atom. The van der Waals surface area contributed by atoms with Crippen molar-refractivity contribution in [3.63, 3.8) is 0 Å². The molecule has 0 radical (unpaired) electrons. The maximum atomic E-state index is 13.9. The number of likely N-dealkylation sites (tertiary alicyclic amines) is 1. The van der Waals surface area contributed by atoms with Gasteiger partial charge in [-0.2, -0.15) is 0 Å². The molecule has 0 bridgehead atoms. The number of benzene rings is 1. The van der Waals surface area contributed by atoms with Crippen molar-refractivity contribution in [1.82, 2.24) is 14.5 Å². The van der Waals surface area contributed by atoms with Crippen LogP contribution < -0.4 is 0 Å². The summed E-state index contributed by atoms with van der Waals surface area (Å²) >= 11 is 8.15. The van der Waals surface area contributed by atoms with Gasteiger partial charge in [-0.3, -0.25) is 4.79 Å². The minimum atomic E-state index is -0.351. The van der Waals surface area contributed by atoms with Gasteiger partial charge in [-0.25, -0.2) is 9.37 Å². The molecule has 0 N–H and O–H groups in total. The topological polar surface area (TPSA) is 38.1 Å². The van der Waals surface area contributed by atoms with Crippen LogP contribution in [0.1, 0.15) is 30.6 Å². The average Bonchev–Trinajstić information content (AvgIpc) is 2.93. The zero-order chi connectivity index (χ0) is 15.3. The Balaban J connectivity index is 2.26. The summed E-state index contributed by atoms with van der Waals surface area (Å²) in [5, 5.41) is -0.350. The Kier molecular flexibility index (Phi) is 3.85. The van der Waals surface area contributed by atoms with Crippen LogP contribution in [0.15, 0.2) is 12.1 Å². The molecule has 1 amide bonds. The number of carbonyl (C=O) groups excluding carboxylic acids is 1. The van der Waals surface area contributed by atoms with Crippen LogP contribution in [0.5, 0.6) is 0 Å². The standard InChI is InChI=1S/C14H14ClFIN3O/c1-7(15)13-18-10-6-9(17)8(16)5-12(10)20(13)11-3-4-19(2)14(11)21/h5-7,11H,3-4H2,1-2H3. The normalized spacial score (nSPS) is 20.5. The van der Waals surface area contributed by atoms with Crippen LogP contribution in [0, 0.1) is 9.39 Å². The quantitative estimate of drug-likeness (QED) is 0.550. The second kappa shape index (κ2) is 5.39. The van der Waals surface area contributed by atoms with E-state index in [-0.39, 0.29) is 23.1 Å². The molecule has 21 heavy (non-hydrogen) atoms. The van der Waals surface area contributed by atoms with Gasteiger partial charge in [-0.15, -0.1) is 11.6 Å². The summed E-state index contributed by atoms with van der Waals surface area (Å²) in [6.45, 7) is 2.50. The van der Waals surface area contributed by atoms with Crippen LogP contribution in [0.4, 0.5) is 4.39 Å². The highest BCUT2D eigenvalue weighted by Gasteiger charge is 2.34. The number of rotatable bonds is 2. The number of likely N-dealkylation sites (N-methyl/N-ethyl adjacent to an activating group) is 1. The third-order valence-corrected chi connectivity index (χ3v) is 4.85. The summed E-state index contributed by atoms with van der Waals surface area (Å²) in [4.78, 5) is 18.5.